The fourth-order valence-electron chi connectivity index (χ4n) is 2.12. The highest BCUT2D eigenvalue weighted by atomic mass is 16.3. The van der Waals surface area contributed by atoms with Crippen LogP contribution in [0.25, 0.3) is 11.0 Å². The summed E-state index contributed by atoms with van der Waals surface area (Å²) in [7, 11) is 0. The van der Waals surface area contributed by atoms with Gasteiger partial charge in [-0.05, 0) is 49.8 Å². The largest absolute Gasteiger partial charge is 0.464 e. The molecule has 1 N–H and O–H groups in total. The van der Waals surface area contributed by atoms with Gasteiger partial charge in [-0.2, -0.15) is 0 Å². The van der Waals surface area contributed by atoms with Gasteiger partial charge in [0.15, 0.2) is 0 Å². The molecule has 1 heterocycles. The van der Waals surface area contributed by atoms with Crippen molar-refractivity contribution in [2.24, 2.45) is 5.92 Å². The first-order chi connectivity index (χ1) is 8.84. The van der Waals surface area contributed by atoms with Crippen molar-refractivity contribution in [3.63, 3.8) is 0 Å². The molecule has 1 fully saturated rings. The van der Waals surface area contributed by atoms with Crippen molar-refractivity contribution in [1.82, 2.24) is 5.32 Å². The zero-order valence-corrected chi connectivity index (χ0v) is 10.2. The molecule has 93 valence electrons. The number of rotatable bonds is 5. The smallest absolute Gasteiger partial charge is 0.252 e. The van der Waals surface area contributed by atoms with Crippen LogP contribution in [0.5, 0.6) is 0 Å². The molecular formula is C15H16NO2. The standard InChI is InChI=1S/C15H16NO2/c17-15(16-9-2-3-11-6-7-11)13-4-1-5-14-12(13)8-10-18-14/h1,3-5,8,10-11H,2,6-7,9H2,(H,16,17). The maximum Gasteiger partial charge on any atom is 0.252 e. The van der Waals surface area contributed by atoms with Crippen LogP contribution in [0, 0.1) is 12.3 Å². The summed E-state index contributed by atoms with van der Waals surface area (Å²) in [6.07, 6.45) is 7.52. The van der Waals surface area contributed by atoms with Crippen molar-refractivity contribution >= 4 is 16.9 Å². The van der Waals surface area contributed by atoms with Gasteiger partial charge in [-0.25, -0.2) is 0 Å². The normalized spacial score (nSPS) is 14.9. The van der Waals surface area contributed by atoms with Crippen molar-refractivity contribution in [2.75, 3.05) is 6.54 Å². The van der Waals surface area contributed by atoms with Gasteiger partial charge in [0.25, 0.3) is 5.91 Å². The highest BCUT2D eigenvalue weighted by Gasteiger charge is 2.20. The number of nitrogens with one attached hydrogen (secondary N) is 1. The van der Waals surface area contributed by atoms with Crippen LogP contribution in [0.4, 0.5) is 0 Å². The van der Waals surface area contributed by atoms with Gasteiger partial charge < -0.3 is 9.73 Å². The van der Waals surface area contributed by atoms with E-state index in [0.29, 0.717) is 12.1 Å². The lowest BCUT2D eigenvalue weighted by atomic mass is 10.1. The van der Waals surface area contributed by atoms with Crippen molar-refractivity contribution in [2.45, 2.75) is 19.3 Å². The quantitative estimate of drug-likeness (QED) is 0.818. The average molecular weight is 242 g/mol. The highest BCUT2D eigenvalue weighted by Crippen LogP contribution is 2.32. The Kier molecular flexibility index (Phi) is 3.05. The fraction of sp³-hybridized carbons (Fsp3) is 0.333. The molecule has 1 amide bonds. The Bertz CT molecular complexity index is 554. The number of hydrogen-bond donors (Lipinski definition) is 1. The molecule has 0 spiro atoms. The Labute approximate surface area is 106 Å². The summed E-state index contributed by atoms with van der Waals surface area (Å²) in [5, 5.41) is 3.83. The van der Waals surface area contributed by atoms with E-state index in [9.17, 15) is 4.79 Å². The topological polar surface area (TPSA) is 42.2 Å². The molecule has 1 saturated carbocycles. The van der Waals surface area contributed by atoms with Gasteiger partial charge in [-0.1, -0.05) is 6.07 Å². The van der Waals surface area contributed by atoms with Crippen LogP contribution < -0.4 is 5.32 Å². The van der Waals surface area contributed by atoms with Gasteiger partial charge in [0.05, 0.1) is 11.8 Å². The second-order valence-electron chi connectivity index (χ2n) is 4.76. The van der Waals surface area contributed by atoms with Crippen molar-refractivity contribution in [1.29, 1.82) is 0 Å². The van der Waals surface area contributed by atoms with Crippen molar-refractivity contribution in [3.8, 4) is 0 Å². The monoisotopic (exact) mass is 242 g/mol. The molecule has 0 unspecified atom stereocenters. The number of furan rings is 1. The molecule has 1 radical (unpaired) electrons. The van der Waals surface area contributed by atoms with E-state index in [0.717, 1.165) is 23.3 Å². The molecule has 0 atom stereocenters. The second-order valence-corrected chi connectivity index (χ2v) is 4.76. The Morgan fingerprint density at radius 3 is 3.11 bits per heavy atom. The zero-order chi connectivity index (χ0) is 12.4. The zero-order valence-electron chi connectivity index (χ0n) is 10.2. The molecule has 1 aliphatic rings. The van der Waals surface area contributed by atoms with Crippen molar-refractivity contribution < 1.29 is 9.21 Å². The highest BCUT2D eigenvalue weighted by molar-refractivity contribution is 6.05. The van der Waals surface area contributed by atoms with Gasteiger partial charge in [0.2, 0.25) is 0 Å². The molecule has 3 rings (SSSR count). The van der Waals surface area contributed by atoms with E-state index in [4.69, 9.17) is 4.42 Å². The Balaban J connectivity index is 1.62. The van der Waals surface area contributed by atoms with Crippen LogP contribution in [-0.4, -0.2) is 12.5 Å². The molecule has 3 nitrogen and oxygen atoms in total. The van der Waals surface area contributed by atoms with E-state index in [1.54, 1.807) is 6.26 Å². The molecule has 1 aromatic carbocycles. The third kappa shape index (κ3) is 2.40. The molecule has 3 heteroatoms. The van der Waals surface area contributed by atoms with Crippen LogP contribution in [0.15, 0.2) is 34.9 Å². The minimum Gasteiger partial charge on any atom is -0.464 e. The first kappa shape index (κ1) is 11.3. The van der Waals surface area contributed by atoms with E-state index in [2.05, 4.69) is 11.7 Å². The lowest BCUT2D eigenvalue weighted by Crippen LogP contribution is -2.24. The summed E-state index contributed by atoms with van der Waals surface area (Å²) in [5.41, 5.74) is 1.44. The van der Waals surface area contributed by atoms with E-state index in [1.807, 2.05) is 24.3 Å². The molecule has 1 aromatic heterocycles. The summed E-state index contributed by atoms with van der Waals surface area (Å²) in [6.45, 7) is 0.712. The predicted octanol–water partition coefficient (Wildman–Crippen LogP) is 3.17. The SMILES string of the molecule is O=C(NCC[CH]C1CC1)c1cccc2occc12. The Morgan fingerprint density at radius 2 is 2.28 bits per heavy atom. The number of amides is 1. The number of fused-ring (bicyclic) bond motifs is 1. The van der Waals surface area contributed by atoms with Gasteiger partial charge in [-0.15, -0.1) is 0 Å². The third-order valence-electron chi connectivity index (χ3n) is 3.29. The maximum atomic E-state index is 12.1. The molecular weight excluding hydrogens is 226 g/mol. The van der Waals surface area contributed by atoms with Crippen LogP contribution in [-0.2, 0) is 0 Å². The first-order valence-electron chi connectivity index (χ1n) is 6.42. The van der Waals surface area contributed by atoms with Crippen LogP contribution in [0.2, 0.25) is 0 Å². The van der Waals surface area contributed by atoms with Crippen LogP contribution in [0.1, 0.15) is 29.6 Å². The Morgan fingerprint density at radius 1 is 1.39 bits per heavy atom. The average Bonchev–Trinajstić information content (AvgIpc) is 3.08. The van der Waals surface area contributed by atoms with Crippen LogP contribution >= 0.6 is 0 Å². The molecule has 0 aliphatic heterocycles. The maximum absolute atomic E-state index is 12.1. The molecule has 0 bridgehead atoms. The lowest BCUT2D eigenvalue weighted by molar-refractivity contribution is 0.0955. The van der Waals surface area contributed by atoms with E-state index >= 15 is 0 Å². The van der Waals surface area contributed by atoms with Gasteiger partial charge in [0, 0.05) is 11.9 Å². The second kappa shape index (κ2) is 4.84. The van der Waals surface area contributed by atoms with Gasteiger partial charge in [-0.3, -0.25) is 4.79 Å². The van der Waals surface area contributed by atoms with E-state index < -0.39 is 0 Å². The van der Waals surface area contributed by atoms with Gasteiger partial charge >= 0.3 is 0 Å². The summed E-state index contributed by atoms with van der Waals surface area (Å²) < 4.78 is 5.29. The molecule has 18 heavy (non-hydrogen) atoms. The minimum atomic E-state index is -0.0220. The van der Waals surface area contributed by atoms with Gasteiger partial charge in [0.1, 0.15) is 5.58 Å². The molecule has 1 aliphatic carbocycles. The van der Waals surface area contributed by atoms with E-state index in [-0.39, 0.29) is 5.91 Å². The minimum absolute atomic E-state index is 0.0220. The molecule has 2 aromatic rings. The summed E-state index contributed by atoms with van der Waals surface area (Å²) in [6, 6.07) is 7.38. The van der Waals surface area contributed by atoms with E-state index in [1.165, 1.54) is 12.8 Å². The first-order valence-corrected chi connectivity index (χ1v) is 6.42. The number of benzene rings is 1. The summed E-state index contributed by atoms with van der Waals surface area (Å²) in [4.78, 5) is 12.1. The summed E-state index contributed by atoms with van der Waals surface area (Å²) in [5.74, 6) is 0.783. The third-order valence-corrected chi connectivity index (χ3v) is 3.29. The van der Waals surface area contributed by atoms with Crippen LogP contribution in [0.3, 0.4) is 0 Å². The van der Waals surface area contributed by atoms with Crippen molar-refractivity contribution in [3.05, 3.63) is 42.5 Å². The molecule has 0 saturated heterocycles. The number of carbonyl (C=O) groups is 1. The lowest BCUT2D eigenvalue weighted by Gasteiger charge is -2.05. The fourth-order valence-corrected chi connectivity index (χ4v) is 2.12. The predicted molar refractivity (Wildman–Crippen MR) is 70.2 cm³/mol. The Hall–Kier alpha value is -1.77. The summed E-state index contributed by atoms with van der Waals surface area (Å²) >= 11 is 0. The number of carbonyl (C=O) groups excluding carboxylic acids is 1. The number of hydrogen-bond acceptors (Lipinski definition) is 2.